The minimum Gasteiger partial charge on any atom is -0.0921 e. The largest absolute Gasteiger partial charge is 0.0921 e. The number of rotatable bonds is 4. The van der Waals surface area contributed by atoms with Crippen LogP contribution in [-0.4, -0.2) is 11.3 Å². The van der Waals surface area contributed by atoms with E-state index in [1.165, 1.54) is 70.6 Å². The monoisotopic (exact) mass is 238 g/mol. The van der Waals surface area contributed by atoms with Gasteiger partial charge in [-0.1, -0.05) is 53.4 Å². The molecule has 0 bridgehead atoms. The molecule has 0 atom stereocenters. The lowest BCUT2D eigenvalue weighted by molar-refractivity contribution is 0.485. The zero-order valence-corrected chi connectivity index (χ0v) is 11.8. The predicted molar refractivity (Wildman–Crippen MR) is 74.2 cm³/mol. The van der Waals surface area contributed by atoms with E-state index in [0.717, 1.165) is 11.3 Å². The van der Waals surface area contributed by atoms with Crippen LogP contribution in [0.5, 0.6) is 0 Å². The minimum atomic E-state index is 0.153. The van der Waals surface area contributed by atoms with Crippen molar-refractivity contribution >= 4 is 7.92 Å². The molecule has 0 unspecified atom stereocenters. The molecule has 1 heteroatoms. The normalized spacial score (nSPS) is 25.1. The van der Waals surface area contributed by atoms with Crippen LogP contribution in [-0.2, 0) is 0 Å². The second-order valence-electron chi connectivity index (χ2n) is 5.50. The Balaban J connectivity index is 1.91. The first-order valence-electron chi connectivity index (χ1n) is 7.43. The van der Waals surface area contributed by atoms with Gasteiger partial charge in [0.15, 0.2) is 0 Å². The molecule has 0 amide bonds. The summed E-state index contributed by atoms with van der Waals surface area (Å²) in [4.78, 5) is 0. The van der Waals surface area contributed by atoms with E-state index in [-0.39, 0.29) is 7.92 Å². The molecule has 0 aromatic carbocycles. The lowest BCUT2D eigenvalue weighted by Crippen LogP contribution is -2.20. The Kier molecular flexibility index (Phi) is 5.63. The Morgan fingerprint density at radius 2 is 1.25 bits per heavy atom. The molecule has 0 spiro atoms. The summed E-state index contributed by atoms with van der Waals surface area (Å²) in [7, 11) is 0.153. The molecule has 2 fully saturated rings. The highest BCUT2D eigenvalue weighted by Gasteiger charge is 2.30. The topological polar surface area (TPSA) is 0 Å². The van der Waals surface area contributed by atoms with Gasteiger partial charge in [0, 0.05) is 6.16 Å². The molecular formula is C15H27P. The van der Waals surface area contributed by atoms with Crippen LogP contribution in [0.4, 0.5) is 0 Å². The van der Waals surface area contributed by atoms with Crippen molar-refractivity contribution in [3.63, 3.8) is 0 Å². The van der Waals surface area contributed by atoms with E-state index in [1.54, 1.807) is 0 Å². The van der Waals surface area contributed by atoms with Gasteiger partial charge in [-0.25, -0.2) is 0 Å². The van der Waals surface area contributed by atoms with Crippen molar-refractivity contribution < 1.29 is 0 Å². The Labute approximate surface area is 103 Å². The Morgan fingerprint density at radius 3 is 1.62 bits per heavy atom. The molecule has 2 saturated carbocycles. The summed E-state index contributed by atoms with van der Waals surface area (Å²) in [6.45, 7) is 2.29. The van der Waals surface area contributed by atoms with E-state index in [2.05, 4.69) is 13.1 Å². The molecule has 92 valence electrons. The molecule has 0 heterocycles. The van der Waals surface area contributed by atoms with E-state index in [4.69, 9.17) is 0 Å². The Hall–Kier alpha value is 0.430. The van der Waals surface area contributed by atoms with Crippen LogP contribution in [0.1, 0.15) is 77.6 Å². The minimum absolute atomic E-state index is 0.153. The summed E-state index contributed by atoms with van der Waals surface area (Å²) in [5, 5.41) is 0. The summed E-state index contributed by atoms with van der Waals surface area (Å²) in [5.74, 6) is 0. The van der Waals surface area contributed by atoms with Crippen molar-refractivity contribution in [1.29, 1.82) is 0 Å². The summed E-state index contributed by atoms with van der Waals surface area (Å²) in [5.41, 5.74) is 2.12. The molecule has 2 aliphatic rings. The summed E-state index contributed by atoms with van der Waals surface area (Å²) in [6, 6.07) is 0. The molecule has 2 rings (SSSR count). The van der Waals surface area contributed by atoms with Crippen LogP contribution < -0.4 is 0 Å². The summed E-state index contributed by atoms with van der Waals surface area (Å²) >= 11 is 0. The number of hydrogen-bond donors (Lipinski definition) is 0. The third-order valence-electron chi connectivity index (χ3n) is 4.28. The second-order valence-corrected chi connectivity index (χ2v) is 8.09. The maximum absolute atomic E-state index is 3.89. The molecule has 2 aliphatic carbocycles. The van der Waals surface area contributed by atoms with Crippen molar-refractivity contribution in [2.24, 2.45) is 0 Å². The maximum Gasteiger partial charge on any atom is 0.0117 e. The van der Waals surface area contributed by atoms with Crippen LogP contribution in [0, 0.1) is 6.16 Å². The van der Waals surface area contributed by atoms with Crippen LogP contribution >= 0.6 is 7.92 Å². The van der Waals surface area contributed by atoms with E-state index in [9.17, 15) is 0 Å². The van der Waals surface area contributed by atoms with Crippen molar-refractivity contribution in [1.82, 2.24) is 0 Å². The first-order valence-corrected chi connectivity index (χ1v) is 8.91. The zero-order valence-electron chi connectivity index (χ0n) is 10.9. The lowest BCUT2D eigenvalue weighted by atomic mass is 9.99. The third-order valence-corrected chi connectivity index (χ3v) is 7.56. The molecule has 0 saturated heterocycles. The summed E-state index contributed by atoms with van der Waals surface area (Å²) < 4.78 is 0. The molecule has 16 heavy (non-hydrogen) atoms. The highest BCUT2D eigenvalue weighted by Crippen LogP contribution is 2.58. The fourth-order valence-electron chi connectivity index (χ4n) is 3.46. The number of hydrogen-bond acceptors (Lipinski definition) is 0. The third kappa shape index (κ3) is 3.46. The average molecular weight is 238 g/mol. The van der Waals surface area contributed by atoms with Crippen molar-refractivity contribution in [2.45, 2.75) is 88.9 Å². The van der Waals surface area contributed by atoms with Gasteiger partial charge in [0.2, 0.25) is 0 Å². The molecule has 0 nitrogen and oxygen atoms in total. The smallest absolute Gasteiger partial charge is 0.0117 e. The van der Waals surface area contributed by atoms with Gasteiger partial charge in [-0.05, 0) is 43.4 Å². The fourth-order valence-corrected chi connectivity index (χ4v) is 6.78. The van der Waals surface area contributed by atoms with Gasteiger partial charge in [-0.3, -0.25) is 0 Å². The van der Waals surface area contributed by atoms with Gasteiger partial charge in [0.05, 0.1) is 0 Å². The molecule has 2 radical (unpaired) electrons. The van der Waals surface area contributed by atoms with Gasteiger partial charge in [-0.2, -0.15) is 0 Å². The van der Waals surface area contributed by atoms with Gasteiger partial charge in [-0.15, -0.1) is 0 Å². The molecule has 0 N–H and O–H groups in total. The van der Waals surface area contributed by atoms with Crippen LogP contribution in [0.25, 0.3) is 0 Å². The maximum atomic E-state index is 3.89. The Morgan fingerprint density at radius 1 is 0.812 bits per heavy atom. The molecule has 0 aromatic heterocycles. The van der Waals surface area contributed by atoms with E-state index in [1.807, 2.05) is 0 Å². The van der Waals surface area contributed by atoms with E-state index >= 15 is 0 Å². The molecule has 0 aromatic rings. The second kappa shape index (κ2) is 7.00. The SMILES string of the molecule is CC[C]P(C1CCCCC1)C1CCCCC1. The molecule has 0 aliphatic heterocycles. The van der Waals surface area contributed by atoms with Crippen LogP contribution in [0.3, 0.4) is 0 Å². The predicted octanol–water partition coefficient (Wildman–Crippen LogP) is 5.58. The van der Waals surface area contributed by atoms with Gasteiger partial charge in [0.25, 0.3) is 0 Å². The molecular weight excluding hydrogens is 211 g/mol. The van der Waals surface area contributed by atoms with Crippen molar-refractivity contribution in [3.05, 3.63) is 6.16 Å². The van der Waals surface area contributed by atoms with Gasteiger partial charge in [0.1, 0.15) is 0 Å². The quantitative estimate of drug-likeness (QED) is 0.561. The average Bonchev–Trinajstić information content (AvgIpc) is 2.38. The van der Waals surface area contributed by atoms with Crippen molar-refractivity contribution in [3.8, 4) is 0 Å². The van der Waals surface area contributed by atoms with E-state index in [0.29, 0.717) is 0 Å². The van der Waals surface area contributed by atoms with Gasteiger partial charge >= 0.3 is 0 Å². The van der Waals surface area contributed by atoms with Crippen LogP contribution in [0.15, 0.2) is 0 Å². The van der Waals surface area contributed by atoms with Crippen LogP contribution in [0.2, 0.25) is 0 Å². The summed E-state index contributed by atoms with van der Waals surface area (Å²) in [6.07, 6.45) is 20.2. The van der Waals surface area contributed by atoms with E-state index < -0.39 is 0 Å². The van der Waals surface area contributed by atoms with Gasteiger partial charge < -0.3 is 0 Å². The Bertz CT molecular complexity index is 160. The first kappa shape index (κ1) is 12.9. The highest BCUT2D eigenvalue weighted by molar-refractivity contribution is 7.61. The lowest BCUT2D eigenvalue weighted by Gasteiger charge is -2.38. The highest BCUT2D eigenvalue weighted by atomic mass is 31.1. The zero-order chi connectivity index (χ0) is 11.2. The van der Waals surface area contributed by atoms with Crippen molar-refractivity contribution in [2.75, 3.05) is 0 Å². The fraction of sp³-hybridized carbons (Fsp3) is 0.933. The first-order chi connectivity index (χ1) is 7.92. The standard InChI is InChI=1S/C15H27P/c1-2-13-16(14-9-5-3-6-10-14)15-11-7-4-8-12-15/h14-15H,2-12H2,1H3.